The van der Waals surface area contributed by atoms with Crippen molar-refractivity contribution in [3.05, 3.63) is 89.6 Å². The molecular weight excluding hydrogens is 450 g/mol. The van der Waals surface area contributed by atoms with Crippen LogP contribution in [0, 0.1) is 6.92 Å². The molecule has 2 heterocycles. The molecule has 0 radical (unpaired) electrons. The molecular formula is C26H21N3O4S. The van der Waals surface area contributed by atoms with Gasteiger partial charge in [-0.25, -0.2) is 4.99 Å². The molecule has 0 unspecified atom stereocenters. The number of thioether (sulfide) groups is 1. The van der Waals surface area contributed by atoms with Crippen LogP contribution in [0.1, 0.15) is 11.1 Å². The summed E-state index contributed by atoms with van der Waals surface area (Å²) in [7, 11) is 0. The van der Waals surface area contributed by atoms with Gasteiger partial charge in [-0.1, -0.05) is 53.7 Å². The van der Waals surface area contributed by atoms with Gasteiger partial charge >= 0.3 is 0 Å². The Kier molecular flexibility index (Phi) is 6.05. The average molecular weight is 472 g/mol. The van der Waals surface area contributed by atoms with Gasteiger partial charge < -0.3 is 14.8 Å². The van der Waals surface area contributed by atoms with Crippen molar-refractivity contribution in [2.24, 2.45) is 4.99 Å². The monoisotopic (exact) mass is 471 g/mol. The van der Waals surface area contributed by atoms with Crippen LogP contribution in [-0.4, -0.2) is 29.5 Å². The number of amidine groups is 1. The molecule has 3 aromatic carbocycles. The Morgan fingerprint density at radius 3 is 2.62 bits per heavy atom. The van der Waals surface area contributed by atoms with Gasteiger partial charge in [-0.05, 0) is 55.0 Å². The summed E-state index contributed by atoms with van der Waals surface area (Å²) in [6, 6.07) is 22.3. The fourth-order valence-electron chi connectivity index (χ4n) is 3.52. The fourth-order valence-corrected chi connectivity index (χ4v) is 4.34. The lowest BCUT2D eigenvalue weighted by Crippen LogP contribution is -2.31. The second-order valence-electron chi connectivity index (χ2n) is 7.72. The Hall–Kier alpha value is -4.04. The van der Waals surface area contributed by atoms with Crippen LogP contribution in [0.15, 0.2) is 83.5 Å². The minimum absolute atomic E-state index is 0.112. The van der Waals surface area contributed by atoms with Gasteiger partial charge in [-0.15, -0.1) is 0 Å². The van der Waals surface area contributed by atoms with Crippen molar-refractivity contribution in [2.75, 3.05) is 22.8 Å². The van der Waals surface area contributed by atoms with Gasteiger partial charge in [-0.3, -0.25) is 14.5 Å². The molecule has 1 N–H and O–H groups in total. The molecule has 3 aromatic rings. The molecule has 0 bridgehead atoms. The van der Waals surface area contributed by atoms with Crippen LogP contribution in [0.5, 0.6) is 11.5 Å². The zero-order valence-corrected chi connectivity index (χ0v) is 19.2. The highest BCUT2D eigenvalue weighted by Crippen LogP contribution is 2.34. The summed E-state index contributed by atoms with van der Waals surface area (Å²) in [4.78, 5) is 32.0. The van der Waals surface area contributed by atoms with Gasteiger partial charge in [-0.2, -0.15) is 0 Å². The van der Waals surface area contributed by atoms with Gasteiger partial charge in [0.15, 0.2) is 16.7 Å². The third-order valence-corrected chi connectivity index (χ3v) is 6.15. The summed E-state index contributed by atoms with van der Waals surface area (Å²) < 4.78 is 10.8. The molecule has 0 atom stereocenters. The Balaban J connectivity index is 1.40. The molecule has 2 aliphatic heterocycles. The van der Waals surface area contributed by atoms with Crippen LogP contribution in [0.25, 0.3) is 6.08 Å². The number of amides is 2. The van der Waals surface area contributed by atoms with E-state index in [1.807, 2.05) is 73.7 Å². The minimum atomic E-state index is -0.257. The maximum Gasteiger partial charge on any atom is 0.283 e. The van der Waals surface area contributed by atoms with Gasteiger partial charge in [0.1, 0.15) is 5.70 Å². The fraction of sp³-hybridized carbons (Fsp3) is 0.115. The number of carbonyl (C=O) groups is 2. The lowest BCUT2D eigenvalue weighted by molar-refractivity contribution is -0.114. The number of anilines is 2. The molecule has 8 heteroatoms. The Labute approximate surface area is 201 Å². The summed E-state index contributed by atoms with van der Waals surface area (Å²) in [5.41, 5.74) is 3.55. The van der Waals surface area contributed by atoms with E-state index in [0.29, 0.717) is 22.4 Å². The number of rotatable bonds is 5. The molecule has 0 saturated heterocycles. The van der Waals surface area contributed by atoms with Crippen LogP contribution in [0.4, 0.5) is 11.4 Å². The molecule has 0 aliphatic carbocycles. The minimum Gasteiger partial charge on any atom is -0.454 e. The molecule has 2 amide bonds. The summed E-state index contributed by atoms with van der Waals surface area (Å²) in [5, 5.41) is 3.30. The highest BCUT2D eigenvalue weighted by atomic mass is 32.2. The van der Waals surface area contributed by atoms with Gasteiger partial charge in [0.05, 0.1) is 11.4 Å². The van der Waals surface area contributed by atoms with E-state index in [0.717, 1.165) is 16.8 Å². The molecule has 34 heavy (non-hydrogen) atoms. The van der Waals surface area contributed by atoms with Crippen molar-refractivity contribution in [3.63, 3.8) is 0 Å². The number of benzene rings is 3. The number of nitrogens with one attached hydrogen (secondary N) is 1. The van der Waals surface area contributed by atoms with Crippen LogP contribution < -0.4 is 19.7 Å². The maximum atomic E-state index is 13.3. The van der Waals surface area contributed by atoms with E-state index >= 15 is 0 Å². The van der Waals surface area contributed by atoms with E-state index in [1.54, 1.807) is 17.0 Å². The lowest BCUT2D eigenvalue weighted by atomic mass is 10.1. The number of para-hydroxylation sites is 1. The number of aliphatic imine (C=N–C) groups is 1. The number of carbonyl (C=O) groups excluding carboxylic acids is 2. The maximum absolute atomic E-state index is 13.3. The second kappa shape index (κ2) is 9.44. The largest absolute Gasteiger partial charge is 0.454 e. The number of nitrogens with zero attached hydrogens (tertiary/aromatic N) is 2. The Bertz CT molecular complexity index is 1300. The highest BCUT2D eigenvalue weighted by molar-refractivity contribution is 8.14. The highest BCUT2D eigenvalue weighted by Gasteiger charge is 2.32. The van der Waals surface area contributed by atoms with Crippen LogP contribution in [-0.2, 0) is 9.59 Å². The topological polar surface area (TPSA) is 80.2 Å². The van der Waals surface area contributed by atoms with Crippen LogP contribution in [0.3, 0.4) is 0 Å². The summed E-state index contributed by atoms with van der Waals surface area (Å²) in [5.74, 6) is 0.980. The zero-order valence-electron chi connectivity index (χ0n) is 18.4. The van der Waals surface area contributed by atoms with E-state index < -0.39 is 0 Å². The average Bonchev–Trinajstić information content (AvgIpc) is 3.43. The number of hydrogen-bond acceptors (Lipinski definition) is 6. The number of aryl methyl sites for hydroxylation is 1. The molecule has 0 spiro atoms. The van der Waals surface area contributed by atoms with Gasteiger partial charge in [0.25, 0.3) is 5.91 Å². The predicted octanol–water partition coefficient (Wildman–Crippen LogP) is 4.84. The SMILES string of the molecule is Cc1ccc(N2C(=O)C(=Cc3ccc4c(c3)OCO4)N=C2SCC(=O)Nc2ccccc2)cc1. The summed E-state index contributed by atoms with van der Waals surface area (Å²) in [6.07, 6.45) is 1.71. The summed E-state index contributed by atoms with van der Waals surface area (Å²) >= 11 is 1.21. The van der Waals surface area contributed by atoms with Crippen molar-refractivity contribution >= 4 is 46.2 Å². The smallest absolute Gasteiger partial charge is 0.283 e. The first-order chi connectivity index (χ1) is 16.6. The first-order valence-corrected chi connectivity index (χ1v) is 11.6. The quantitative estimate of drug-likeness (QED) is 0.539. The Morgan fingerprint density at radius 1 is 1.06 bits per heavy atom. The number of ether oxygens (including phenoxy) is 2. The molecule has 0 aromatic heterocycles. The second-order valence-corrected chi connectivity index (χ2v) is 8.66. The van der Waals surface area contributed by atoms with Crippen molar-refractivity contribution < 1.29 is 19.1 Å². The zero-order chi connectivity index (χ0) is 23.5. The van der Waals surface area contributed by atoms with E-state index in [4.69, 9.17) is 9.47 Å². The van der Waals surface area contributed by atoms with Crippen molar-refractivity contribution in [1.82, 2.24) is 0 Å². The molecule has 5 rings (SSSR count). The Morgan fingerprint density at radius 2 is 1.82 bits per heavy atom. The third-order valence-electron chi connectivity index (χ3n) is 5.21. The van der Waals surface area contributed by atoms with Crippen molar-refractivity contribution in [1.29, 1.82) is 0 Å². The van der Waals surface area contributed by atoms with Gasteiger partial charge in [0.2, 0.25) is 12.7 Å². The molecule has 2 aliphatic rings. The van der Waals surface area contributed by atoms with E-state index in [-0.39, 0.29) is 30.1 Å². The first-order valence-electron chi connectivity index (χ1n) is 10.7. The molecule has 0 saturated carbocycles. The molecule has 170 valence electrons. The van der Waals surface area contributed by atoms with Gasteiger partial charge in [0, 0.05) is 5.69 Å². The normalized spacial score (nSPS) is 15.6. The standard InChI is InChI=1S/C26H21N3O4S/c1-17-7-10-20(11-8-17)29-25(31)21(13-18-9-12-22-23(14-18)33-16-32-22)28-26(29)34-15-24(30)27-19-5-3-2-4-6-19/h2-14H,15-16H2,1H3,(H,27,30). The summed E-state index contributed by atoms with van der Waals surface area (Å²) in [6.45, 7) is 2.16. The van der Waals surface area contributed by atoms with Crippen LogP contribution >= 0.6 is 11.8 Å². The lowest BCUT2D eigenvalue weighted by Gasteiger charge is -2.18. The van der Waals surface area contributed by atoms with Crippen molar-refractivity contribution in [3.8, 4) is 11.5 Å². The van der Waals surface area contributed by atoms with E-state index in [9.17, 15) is 9.59 Å². The first kappa shape index (κ1) is 21.8. The van der Waals surface area contributed by atoms with Crippen LogP contribution in [0.2, 0.25) is 0 Å². The molecule has 0 fully saturated rings. The predicted molar refractivity (Wildman–Crippen MR) is 134 cm³/mol. The third kappa shape index (κ3) is 4.67. The van der Waals surface area contributed by atoms with E-state index in [1.165, 1.54) is 11.8 Å². The van der Waals surface area contributed by atoms with Crippen molar-refractivity contribution in [2.45, 2.75) is 6.92 Å². The van der Waals surface area contributed by atoms with E-state index in [2.05, 4.69) is 10.3 Å². The molecule has 7 nitrogen and oxygen atoms in total. The number of hydrogen-bond donors (Lipinski definition) is 1. The number of fused-ring (bicyclic) bond motifs is 1.